The Labute approximate surface area is 171 Å². The summed E-state index contributed by atoms with van der Waals surface area (Å²) in [6.07, 6.45) is 3.56. The summed E-state index contributed by atoms with van der Waals surface area (Å²) >= 11 is 0. The summed E-state index contributed by atoms with van der Waals surface area (Å²) < 4.78 is 37.9. The minimum absolute atomic E-state index is 0.211. The number of imidazole rings is 1. The molecule has 1 N–H and O–H groups in total. The van der Waals surface area contributed by atoms with E-state index in [0.717, 1.165) is 5.82 Å². The van der Waals surface area contributed by atoms with Gasteiger partial charge in [0.2, 0.25) is 0 Å². The zero-order chi connectivity index (χ0) is 21.4. The summed E-state index contributed by atoms with van der Waals surface area (Å²) in [5.74, 6) is 1.43. The molecule has 0 unspecified atom stereocenters. The average Bonchev–Trinajstić information content (AvgIpc) is 3.16. The number of aryl methyl sites for hydroxylation is 2. The standard InChI is InChI=1S/C20H27N5O3S/c1-14-19(15(2)25(22-14)20(3,4)5)29(26,27)23-16-7-9-17(10-8-16)28-13-18-21-11-12-24(18)6/h7-12,23H,13H2,1-6H3. The first-order valence-corrected chi connectivity index (χ1v) is 10.8. The van der Waals surface area contributed by atoms with Crippen molar-refractivity contribution in [1.29, 1.82) is 0 Å². The molecule has 0 bridgehead atoms. The van der Waals surface area contributed by atoms with Crippen LogP contribution in [0.4, 0.5) is 5.69 Å². The molecule has 3 rings (SSSR count). The summed E-state index contributed by atoms with van der Waals surface area (Å²) in [7, 11) is -1.87. The van der Waals surface area contributed by atoms with Crippen LogP contribution in [0.3, 0.4) is 0 Å². The van der Waals surface area contributed by atoms with Crippen LogP contribution in [0.1, 0.15) is 38.0 Å². The summed E-state index contributed by atoms with van der Waals surface area (Å²) in [5, 5.41) is 4.43. The number of sulfonamides is 1. The maximum Gasteiger partial charge on any atom is 0.265 e. The van der Waals surface area contributed by atoms with Gasteiger partial charge in [0, 0.05) is 25.1 Å². The number of anilines is 1. The third-order valence-corrected chi connectivity index (χ3v) is 6.16. The number of nitrogens with one attached hydrogen (secondary N) is 1. The molecular formula is C20H27N5O3S. The lowest BCUT2D eigenvalue weighted by Crippen LogP contribution is -2.25. The van der Waals surface area contributed by atoms with E-state index in [0.29, 0.717) is 29.4 Å². The molecule has 0 atom stereocenters. The Bertz CT molecular complexity index is 1110. The Morgan fingerprint density at radius 1 is 1.14 bits per heavy atom. The lowest BCUT2D eigenvalue weighted by Gasteiger charge is -2.21. The van der Waals surface area contributed by atoms with Crippen molar-refractivity contribution in [1.82, 2.24) is 19.3 Å². The van der Waals surface area contributed by atoms with Gasteiger partial charge in [0.05, 0.1) is 16.9 Å². The van der Waals surface area contributed by atoms with E-state index < -0.39 is 10.0 Å². The van der Waals surface area contributed by atoms with Crippen LogP contribution in [0.2, 0.25) is 0 Å². The monoisotopic (exact) mass is 417 g/mol. The van der Waals surface area contributed by atoms with Crippen LogP contribution in [0.5, 0.6) is 5.75 Å². The molecule has 29 heavy (non-hydrogen) atoms. The van der Waals surface area contributed by atoms with Gasteiger partial charge in [0.1, 0.15) is 23.1 Å². The van der Waals surface area contributed by atoms with Gasteiger partial charge in [-0.1, -0.05) is 0 Å². The van der Waals surface area contributed by atoms with Crippen molar-refractivity contribution in [3.05, 3.63) is 53.9 Å². The van der Waals surface area contributed by atoms with Crippen molar-refractivity contribution in [2.75, 3.05) is 4.72 Å². The molecule has 0 radical (unpaired) electrons. The highest BCUT2D eigenvalue weighted by molar-refractivity contribution is 7.92. The molecule has 0 saturated heterocycles. The number of hydrogen-bond acceptors (Lipinski definition) is 5. The molecular weight excluding hydrogens is 390 g/mol. The van der Waals surface area contributed by atoms with Crippen molar-refractivity contribution >= 4 is 15.7 Å². The molecule has 8 nitrogen and oxygen atoms in total. The first kappa shape index (κ1) is 20.9. The van der Waals surface area contributed by atoms with Crippen molar-refractivity contribution < 1.29 is 13.2 Å². The second-order valence-electron chi connectivity index (χ2n) is 7.96. The summed E-state index contributed by atoms with van der Waals surface area (Å²) in [6, 6.07) is 6.78. The third kappa shape index (κ3) is 4.45. The van der Waals surface area contributed by atoms with Gasteiger partial charge in [-0.15, -0.1) is 0 Å². The Hall–Kier alpha value is -2.81. The number of nitrogens with zero attached hydrogens (tertiary/aromatic N) is 4. The fourth-order valence-electron chi connectivity index (χ4n) is 3.18. The quantitative estimate of drug-likeness (QED) is 0.664. The predicted octanol–water partition coefficient (Wildman–Crippen LogP) is 3.37. The molecule has 0 spiro atoms. The zero-order valence-corrected chi connectivity index (χ0v) is 18.4. The molecule has 0 aliphatic heterocycles. The van der Waals surface area contributed by atoms with Gasteiger partial charge in [0.15, 0.2) is 0 Å². The number of aromatic nitrogens is 4. The van der Waals surface area contributed by atoms with E-state index in [9.17, 15) is 8.42 Å². The third-order valence-electron chi connectivity index (χ3n) is 4.52. The first-order chi connectivity index (χ1) is 13.5. The number of benzene rings is 1. The predicted molar refractivity (Wildman–Crippen MR) is 111 cm³/mol. The van der Waals surface area contributed by atoms with Crippen molar-refractivity contribution in [2.24, 2.45) is 7.05 Å². The summed E-state index contributed by atoms with van der Waals surface area (Å²) in [5.41, 5.74) is 1.23. The van der Waals surface area contributed by atoms with Crippen LogP contribution in [0.15, 0.2) is 41.6 Å². The average molecular weight is 418 g/mol. The molecule has 156 valence electrons. The zero-order valence-electron chi connectivity index (χ0n) is 17.6. The van der Waals surface area contributed by atoms with Gasteiger partial charge in [-0.05, 0) is 58.9 Å². The van der Waals surface area contributed by atoms with Crippen LogP contribution in [0, 0.1) is 13.8 Å². The number of ether oxygens (including phenoxy) is 1. The van der Waals surface area contributed by atoms with Crippen LogP contribution >= 0.6 is 0 Å². The van der Waals surface area contributed by atoms with Gasteiger partial charge in [-0.2, -0.15) is 5.10 Å². The number of hydrogen-bond donors (Lipinski definition) is 1. The van der Waals surface area contributed by atoms with E-state index in [1.807, 2.05) is 38.6 Å². The summed E-state index contributed by atoms with van der Waals surface area (Å²) in [4.78, 5) is 4.42. The fourth-order valence-corrected chi connectivity index (χ4v) is 4.63. The largest absolute Gasteiger partial charge is 0.486 e. The highest BCUT2D eigenvalue weighted by Gasteiger charge is 2.28. The first-order valence-electron chi connectivity index (χ1n) is 9.27. The van der Waals surface area contributed by atoms with Crippen molar-refractivity contribution in [3.8, 4) is 5.75 Å². The molecule has 3 aromatic rings. The van der Waals surface area contributed by atoms with Gasteiger partial charge in [0.25, 0.3) is 10.0 Å². The fraction of sp³-hybridized carbons (Fsp3) is 0.400. The Kier molecular flexibility index (Phi) is 5.44. The van der Waals surface area contributed by atoms with E-state index in [4.69, 9.17) is 4.74 Å². The Balaban J connectivity index is 1.76. The van der Waals surface area contributed by atoms with E-state index >= 15 is 0 Å². The molecule has 0 saturated carbocycles. The second-order valence-corrected chi connectivity index (χ2v) is 9.57. The maximum absolute atomic E-state index is 13.0. The van der Waals surface area contributed by atoms with E-state index in [1.54, 1.807) is 49.0 Å². The molecule has 0 aliphatic rings. The molecule has 9 heteroatoms. The normalized spacial score (nSPS) is 12.2. The van der Waals surface area contributed by atoms with E-state index in [2.05, 4.69) is 14.8 Å². The SMILES string of the molecule is Cc1nn(C(C)(C)C)c(C)c1S(=O)(=O)Nc1ccc(OCc2nccn2C)cc1. The molecule has 2 heterocycles. The number of rotatable bonds is 6. The smallest absolute Gasteiger partial charge is 0.265 e. The molecule has 0 fully saturated rings. The topological polar surface area (TPSA) is 91.0 Å². The van der Waals surface area contributed by atoms with Gasteiger partial charge in [-0.3, -0.25) is 9.40 Å². The highest BCUT2D eigenvalue weighted by Crippen LogP contribution is 2.27. The minimum Gasteiger partial charge on any atom is -0.486 e. The summed E-state index contributed by atoms with van der Waals surface area (Å²) in [6.45, 7) is 9.77. The van der Waals surface area contributed by atoms with Crippen molar-refractivity contribution in [2.45, 2.75) is 51.7 Å². The van der Waals surface area contributed by atoms with Crippen LogP contribution < -0.4 is 9.46 Å². The van der Waals surface area contributed by atoms with Crippen LogP contribution in [0.25, 0.3) is 0 Å². The van der Waals surface area contributed by atoms with Gasteiger partial charge in [-0.25, -0.2) is 13.4 Å². The Morgan fingerprint density at radius 2 is 1.79 bits per heavy atom. The van der Waals surface area contributed by atoms with Gasteiger partial charge < -0.3 is 9.30 Å². The lowest BCUT2D eigenvalue weighted by atomic mass is 10.1. The minimum atomic E-state index is -3.77. The van der Waals surface area contributed by atoms with Crippen LogP contribution in [-0.4, -0.2) is 27.7 Å². The molecule has 1 aromatic carbocycles. The maximum atomic E-state index is 13.0. The van der Waals surface area contributed by atoms with E-state index in [1.165, 1.54) is 0 Å². The van der Waals surface area contributed by atoms with Gasteiger partial charge >= 0.3 is 0 Å². The molecule has 2 aromatic heterocycles. The Morgan fingerprint density at radius 3 is 2.31 bits per heavy atom. The second kappa shape index (κ2) is 7.55. The highest BCUT2D eigenvalue weighted by atomic mass is 32.2. The lowest BCUT2D eigenvalue weighted by molar-refractivity contribution is 0.292. The molecule has 0 aliphatic carbocycles. The molecule has 0 amide bonds. The van der Waals surface area contributed by atoms with E-state index in [-0.39, 0.29) is 10.4 Å². The van der Waals surface area contributed by atoms with Crippen molar-refractivity contribution in [3.63, 3.8) is 0 Å². The van der Waals surface area contributed by atoms with Crippen LogP contribution in [-0.2, 0) is 29.2 Å².